The van der Waals surface area contributed by atoms with Crippen LogP contribution in [0.15, 0.2) is 49.0 Å². The van der Waals surface area contributed by atoms with E-state index < -0.39 is 43.3 Å². The third-order valence-electron chi connectivity index (χ3n) is 5.87. The maximum absolute atomic E-state index is 12.9. The molecular weight excluding hydrogens is 519 g/mol. The van der Waals surface area contributed by atoms with Crippen molar-refractivity contribution in [1.82, 2.24) is 0 Å². The topological polar surface area (TPSA) is 27.7 Å². The van der Waals surface area contributed by atoms with E-state index in [1.165, 1.54) is 0 Å². The molecule has 37 heavy (non-hydrogen) atoms. The van der Waals surface area contributed by atoms with Crippen molar-refractivity contribution in [2.24, 2.45) is 0 Å². The molecule has 1 aliphatic rings. The van der Waals surface area contributed by atoms with Gasteiger partial charge < -0.3 is 14.2 Å². The maximum Gasteiger partial charge on any atom is 0.435 e. The van der Waals surface area contributed by atoms with Crippen LogP contribution in [0.2, 0.25) is 0 Å². The Bertz CT molecular complexity index is 1020. The van der Waals surface area contributed by atoms with E-state index in [1.807, 2.05) is 30.3 Å². The number of alkyl halides is 9. The smallest absolute Gasteiger partial charge is 0.435 e. The third kappa shape index (κ3) is 6.06. The second-order valence-corrected chi connectivity index (χ2v) is 8.36. The van der Waals surface area contributed by atoms with Crippen LogP contribution < -0.4 is 4.74 Å². The number of fused-ring (bicyclic) bond motifs is 1. The van der Waals surface area contributed by atoms with Crippen LogP contribution in [0, 0.1) is 0 Å². The normalized spacial score (nSPS) is 16.2. The molecule has 1 aliphatic carbocycles. The van der Waals surface area contributed by atoms with Gasteiger partial charge in [-0.05, 0) is 35.6 Å². The van der Waals surface area contributed by atoms with Gasteiger partial charge in [0, 0.05) is 25.2 Å². The first-order valence-electron chi connectivity index (χ1n) is 11.1. The molecule has 0 saturated carbocycles. The highest BCUT2D eigenvalue weighted by atomic mass is 19.4. The summed E-state index contributed by atoms with van der Waals surface area (Å²) in [5.41, 5.74) is -2.66. The molecule has 0 amide bonds. The van der Waals surface area contributed by atoms with E-state index in [0.717, 1.165) is 22.3 Å². The van der Waals surface area contributed by atoms with Gasteiger partial charge in [-0.25, -0.2) is 0 Å². The Labute approximate surface area is 206 Å². The van der Waals surface area contributed by atoms with Crippen LogP contribution in [0.1, 0.15) is 41.2 Å². The zero-order chi connectivity index (χ0) is 27.5. The van der Waals surface area contributed by atoms with Crippen LogP contribution in [0.3, 0.4) is 0 Å². The average Bonchev–Trinajstić information content (AvgIpc) is 2.77. The van der Waals surface area contributed by atoms with Gasteiger partial charge in [0.25, 0.3) is 0 Å². The van der Waals surface area contributed by atoms with Crippen LogP contribution >= 0.6 is 0 Å². The molecule has 12 heteroatoms. The van der Waals surface area contributed by atoms with Crippen molar-refractivity contribution in [3.05, 3.63) is 71.3 Å². The van der Waals surface area contributed by atoms with Gasteiger partial charge in [-0.15, -0.1) is 0 Å². The highest BCUT2D eigenvalue weighted by Gasteiger charge is 2.85. The van der Waals surface area contributed by atoms with Gasteiger partial charge in [0.15, 0.2) is 0 Å². The molecule has 1 atom stereocenters. The summed E-state index contributed by atoms with van der Waals surface area (Å²) in [5, 5.41) is 0. The molecule has 0 saturated heterocycles. The van der Waals surface area contributed by atoms with Crippen molar-refractivity contribution < 1.29 is 53.7 Å². The van der Waals surface area contributed by atoms with Gasteiger partial charge >= 0.3 is 24.1 Å². The summed E-state index contributed by atoms with van der Waals surface area (Å²) in [7, 11) is 0. The molecule has 2 aromatic rings. The molecule has 0 aliphatic heterocycles. The minimum Gasteiger partial charge on any atom is -0.489 e. The summed E-state index contributed by atoms with van der Waals surface area (Å²) >= 11 is 0. The molecule has 0 radical (unpaired) electrons. The van der Waals surface area contributed by atoms with Crippen molar-refractivity contribution in [2.45, 2.75) is 56.1 Å². The highest BCUT2D eigenvalue weighted by Crippen LogP contribution is 2.55. The molecule has 0 fully saturated rings. The first-order valence-corrected chi connectivity index (χ1v) is 11.1. The molecule has 0 N–H and O–H groups in total. The predicted octanol–water partition coefficient (Wildman–Crippen LogP) is 7.74. The zero-order valence-electron chi connectivity index (χ0n) is 19.3. The summed E-state index contributed by atoms with van der Waals surface area (Å²) in [5.74, 6) is 0.565. The molecule has 3 nitrogen and oxygen atoms in total. The average molecular weight is 542 g/mol. The van der Waals surface area contributed by atoms with Gasteiger partial charge in [-0.2, -0.15) is 39.5 Å². The van der Waals surface area contributed by atoms with E-state index in [9.17, 15) is 39.5 Å². The van der Waals surface area contributed by atoms with Gasteiger partial charge in [0.1, 0.15) is 12.4 Å². The lowest BCUT2D eigenvalue weighted by Crippen LogP contribution is -2.67. The standard InChI is InChI=1S/C25H23F9O3/c1-2-16-8-10-17(11-9-16)15-36-19-7-5-6-18-14-20(21(18)19)35-12-3-4-13-37-22(23(26,27)28,24(29,30)31)25(32,33)34/h2,5-11,20H,1,3-4,12-15H2. The summed E-state index contributed by atoms with van der Waals surface area (Å²) in [6.45, 7) is 2.44. The number of halogens is 9. The lowest BCUT2D eigenvalue weighted by atomic mass is 9.84. The Balaban J connectivity index is 1.51. The second-order valence-electron chi connectivity index (χ2n) is 8.36. The number of ether oxygens (including phenoxy) is 3. The highest BCUT2D eigenvalue weighted by molar-refractivity contribution is 5.49. The zero-order valence-corrected chi connectivity index (χ0v) is 19.3. The Morgan fingerprint density at radius 3 is 1.97 bits per heavy atom. The fraction of sp³-hybridized carbons (Fsp3) is 0.440. The lowest BCUT2D eigenvalue weighted by molar-refractivity contribution is -0.457. The minimum atomic E-state index is -6.74. The van der Waals surface area contributed by atoms with E-state index in [1.54, 1.807) is 18.2 Å². The Morgan fingerprint density at radius 1 is 0.811 bits per heavy atom. The van der Waals surface area contributed by atoms with Gasteiger partial charge in [-0.3, -0.25) is 0 Å². The van der Waals surface area contributed by atoms with Crippen LogP contribution in [0.4, 0.5) is 39.5 Å². The van der Waals surface area contributed by atoms with Gasteiger partial charge in [-0.1, -0.05) is 49.1 Å². The Hall–Kier alpha value is -2.73. The van der Waals surface area contributed by atoms with Crippen molar-refractivity contribution in [1.29, 1.82) is 0 Å². The van der Waals surface area contributed by atoms with Gasteiger partial charge in [0.2, 0.25) is 0 Å². The molecule has 2 aromatic carbocycles. The molecule has 1 unspecified atom stereocenters. The summed E-state index contributed by atoms with van der Waals surface area (Å²) in [6, 6.07) is 12.9. The van der Waals surface area contributed by atoms with E-state index >= 15 is 0 Å². The molecule has 3 rings (SSSR count). The van der Waals surface area contributed by atoms with Crippen LogP contribution in [-0.2, 0) is 22.5 Å². The van der Waals surface area contributed by atoms with Crippen molar-refractivity contribution >= 4 is 6.08 Å². The van der Waals surface area contributed by atoms with E-state index in [2.05, 4.69) is 11.3 Å². The van der Waals surface area contributed by atoms with Crippen LogP contribution in [0.25, 0.3) is 6.08 Å². The first kappa shape index (κ1) is 28.8. The number of unbranched alkanes of at least 4 members (excludes halogenated alkanes) is 1. The Kier molecular flexibility index (Phi) is 8.53. The summed E-state index contributed by atoms with van der Waals surface area (Å²) < 4.78 is 131. The molecule has 0 aromatic heterocycles. The van der Waals surface area contributed by atoms with E-state index in [-0.39, 0.29) is 19.6 Å². The number of hydrogen-bond donors (Lipinski definition) is 0. The van der Waals surface area contributed by atoms with E-state index in [0.29, 0.717) is 12.2 Å². The lowest BCUT2D eigenvalue weighted by Gasteiger charge is -2.38. The van der Waals surface area contributed by atoms with E-state index in [4.69, 9.17) is 9.47 Å². The maximum atomic E-state index is 12.9. The first-order chi connectivity index (χ1) is 17.2. The van der Waals surface area contributed by atoms with Crippen molar-refractivity contribution in [3.8, 4) is 5.75 Å². The fourth-order valence-electron chi connectivity index (χ4n) is 3.87. The predicted molar refractivity (Wildman–Crippen MR) is 116 cm³/mol. The largest absolute Gasteiger partial charge is 0.489 e. The molecule has 204 valence electrons. The summed E-state index contributed by atoms with van der Waals surface area (Å²) in [4.78, 5) is 0. The Morgan fingerprint density at radius 2 is 1.41 bits per heavy atom. The minimum absolute atomic E-state index is 0.109. The quantitative estimate of drug-likeness (QED) is 0.215. The number of benzene rings is 2. The number of hydrogen-bond acceptors (Lipinski definition) is 3. The third-order valence-corrected chi connectivity index (χ3v) is 5.87. The SMILES string of the molecule is C=Cc1ccc(COc2cccc3c2C(OCCCCOC(C(F)(F)F)(C(F)(F)F)C(F)(F)F)C3)cc1. The summed E-state index contributed by atoms with van der Waals surface area (Å²) in [6.07, 6.45) is -19.0. The monoisotopic (exact) mass is 542 g/mol. The van der Waals surface area contributed by atoms with Crippen molar-refractivity contribution in [3.63, 3.8) is 0 Å². The molecule has 0 heterocycles. The van der Waals surface area contributed by atoms with Crippen LogP contribution in [0.5, 0.6) is 5.75 Å². The second kappa shape index (κ2) is 10.9. The number of rotatable bonds is 11. The van der Waals surface area contributed by atoms with Crippen molar-refractivity contribution in [2.75, 3.05) is 13.2 Å². The fourth-order valence-corrected chi connectivity index (χ4v) is 3.87. The van der Waals surface area contributed by atoms with Gasteiger partial charge in [0.05, 0.1) is 6.10 Å². The van der Waals surface area contributed by atoms with Crippen LogP contribution in [-0.4, -0.2) is 37.3 Å². The molecule has 0 bridgehead atoms. The molecular formula is C25H23F9O3. The molecule has 0 spiro atoms.